The molecule has 1 saturated carbocycles. The molecule has 24 heavy (non-hydrogen) atoms. The lowest BCUT2D eigenvalue weighted by atomic mass is 9.84. The summed E-state index contributed by atoms with van der Waals surface area (Å²) in [5.41, 5.74) is 1.02. The molecule has 1 aromatic rings. The lowest BCUT2D eigenvalue weighted by Crippen LogP contribution is -2.47. The molecule has 1 aliphatic rings. The third-order valence-corrected chi connectivity index (χ3v) is 4.85. The summed E-state index contributed by atoms with van der Waals surface area (Å²) in [7, 11) is 0. The van der Waals surface area contributed by atoms with Crippen molar-refractivity contribution in [1.29, 1.82) is 0 Å². The van der Waals surface area contributed by atoms with Crippen LogP contribution < -0.4 is 0 Å². The summed E-state index contributed by atoms with van der Waals surface area (Å²) in [6.45, 7) is 4.87. The van der Waals surface area contributed by atoms with Gasteiger partial charge in [0.05, 0.1) is 19.4 Å². The van der Waals surface area contributed by atoms with Gasteiger partial charge in [-0.15, -0.1) is 0 Å². The van der Waals surface area contributed by atoms with Crippen LogP contribution in [0.15, 0.2) is 30.3 Å². The van der Waals surface area contributed by atoms with Crippen LogP contribution in [-0.4, -0.2) is 36.0 Å². The van der Waals surface area contributed by atoms with Crippen LogP contribution in [0, 0.1) is 5.92 Å². The van der Waals surface area contributed by atoms with E-state index >= 15 is 0 Å². The molecule has 0 radical (unpaired) electrons. The number of amides is 1. The first kappa shape index (κ1) is 18.5. The van der Waals surface area contributed by atoms with Gasteiger partial charge in [-0.3, -0.25) is 9.59 Å². The summed E-state index contributed by atoms with van der Waals surface area (Å²) >= 11 is 0. The predicted molar refractivity (Wildman–Crippen MR) is 94.5 cm³/mol. The number of nitrogens with zero attached hydrogens (tertiary/aromatic N) is 1. The molecule has 2 atom stereocenters. The van der Waals surface area contributed by atoms with Crippen molar-refractivity contribution in [1.82, 2.24) is 4.90 Å². The highest BCUT2D eigenvalue weighted by Crippen LogP contribution is 2.28. The van der Waals surface area contributed by atoms with Gasteiger partial charge in [0.1, 0.15) is 0 Å². The Hall–Kier alpha value is -1.84. The van der Waals surface area contributed by atoms with E-state index in [-0.39, 0.29) is 24.3 Å². The fourth-order valence-electron chi connectivity index (χ4n) is 3.55. The maximum Gasteiger partial charge on any atom is 0.307 e. The van der Waals surface area contributed by atoms with Crippen LogP contribution in [0.1, 0.15) is 51.5 Å². The Labute approximate surface area is 145 Å². The van der Waals surface area contributed by atoms with Crippen LogP contribution in [-0.2, 0) is 20.7 Å². The lowest BCUT2D eigenvalue weighted by molar-refractivity contribution is -0.144. The quantitative estimate of drug-likeness (QED) is 0.717. The van der Waals surface area contributed by atoms with Crippen LogP contribution in [0.3, 0.4) is 0 Å². The summed E-state index contributed by atoms with van der Waals surface area (Å²) in [6, 6.07) is 10.1. The number of benzene rings is 1. The fourth-order valence-corrected chi connectivity index (χ4v) is 3.55. The number of hydrogen-bond acceptors (Lipinski definition) is 3. The van der Waals surface area contributed by atoms with Crippen molar-refractivity contribution < 1.29 is 14.3 Å². The number of esters is 1. The summed E-state index contributed by atoms with van der Waals surface area (Å²) in [4.78, 5) is 26.6. The minimum absolute atomic E-state index is 0.115. The molecule has 1 aromatic carbocycles. The van der Waals surface area contributed by atoms with Crippen molar-refractivity contribution in [3.63, 3.8) is 0 Å². The van der Waals surface area contributed by atoms with Crippen molar-refractivity contribution >= 4 is 11.9 Å². The second-order valence-corrected chi connectivity index (χ2v) is 6.63. The van der Waals surface area contributed by atoms with E-state index in [4.69, 9.17) is 4.74 Å². The first-order valence-corrected chi connectivity index (χ1v) is 9.10. The first-order valence-electron chi connectivity index (χ1n) is 9.10. The number of carbonyl (C=O) groups is 2. The molecular weight excluding hydrogens is 302 g/mol. The highest BCUT2D eigenvalue weighted by molar-refractivity contribution is 5.80. The fraction of sp³-hybridized carbons (Fsp3) is 0.600. The molecule has 2 unspecified atom stereocenters. The van der Waals surface area contributed by atoms with Gasteiger partial charge in [0.15, 0.2) is 0 Å². The van der Waals surface area contributed by atoms with Crippen LogP contribution in [0.2, 0.25) is 0 Å². The summed E-state index contributed by atoms with van der Waals surface area (Å²) in [5.74, 6) is 0.378. The van der Waals surface area contributed by atoms with Crippen LogP contribution in [0.25, 0.3) is 0 Å². The average Bonchev–Trinajstić information content (AvgIpc) is 2.58. The van der Waals surface area contributed by atoms with E-state index in [1.54, 1.807) is 6.92 Å². The topological polar surface area (TPSA) is 46.6 Å². The predicted octanol–water partition coefficient (Wildman–Crippen LogP) is 3.59. The number of carbonyl (C=O) groups excluding carboxylic acids is 2. The van der Waals surface area contributed by atoms with Gasteiger partial charge in [0.2, 0.25) is 5.91 Å². The molecule has 132 valence electrons. The van der Waals surface area contributed by atoms with Gasteiger partial charge in [-0.25, -0.2) is 0 Å². The SMILES string of the molecule is CCOC(=O)CCN(C(=O)Cc1ccccc1)C1CCCCC1C. The zero-order valence-electron chi connectivity index (χ0n) is 14.9. The van der Waals surface area contributed by atoms with Crippen molar-refractivity contribution in [2.75, 3.05) is 13.2 Å². The molecule has 0 spiro atoms. The summed E-state index contributed by atoms with van der Waals surface area (Å²) < 4.78 is 5.03. The Bertz CT molecular complexity index is 529. The molecule has 0 aliphatic heterocycles. The van der Waals surface area contributed by atoms with E-state index in [0.29, 0.717) is 25.5 Å². The van der Waals surface area contributed by atoms with Gasteiger partial charge in [-0.1, -0.05) is 50.1 Å². The van der Waals surface area contributed by atoms with Crippen molar-refractivity contribution in [2.45, 2.75) is 58.4 Å². The number of ether oxygens (including phenoxy) is 1. The van der Waals surface area contributed by atoms with Gasteiger partial charge in [-0.2, -0.15) is 0 Å². The minimum Gasteiger partial charge on any atom is -0.466 e. The number of rotatable bonds is 7. The molecular formula is C20H29NO3. The smallest absolute Gasteiger partial charge is 0.307 e. The Morgan fingerprint density at radius 3 is 2.54 bits per heavy atom. The lowest BCUT2D eigenvalue weighted by Gasteiger charge is -2.38. The average molecular weight is 331 g/mol. The zero-order chi connectivity index (χ0) is 17.4. The van der Waals surface area contributed by atoms with Crippen LogP contribution in [0.5, 0.6) is 0 Å². The molecule has 1 fully saturated rings. The second kappa shape index (κ2) is 9.45. The third-order valence-electron chi connectivity index (χ3n) is 4.85. The maximum absolute atomic E-state index is 12.9. The molecule has 2 rings (SSSR count). The summed E-state index contributed by atoms with van der Waals surface area (Å²) in [5, 5.41) is 0. The van der Waals surface area contributed by atoms with Gasteiger partial charge < -0.3 is 9.64 Å². The zero-order valence-corrected chi connectivity index (χ0v) is 14.9. The van der Waals surface area contributed by atoms with Gasteiger partial charge in [0, 0.05) is 12.6 Å². The molecule has 0 heterocycles. The van der Waals surface area contributed by atoms with Crippen LogP contribution in [0.4, 0.5) is 0 Å². The highest BCUT2D eigenvalue weighted by Gasteiger charge is 2.30. The van der Waals surface area contributed by atoms with Crippen LogP contribution >= 0.6 is 0 Å². The standard InChI is InChI=1S/C20H29NO3/c1-3-24-20(23)13-14-21(18-12-8-7-9-16(18)2)19(22)15-17-10-5-4-6-11-17/h4-6,10-11,16,18H,3,7-9,12-15H2,1-2H3. The molecule has 0 saturated heterocycles. The largest absolute Gasteiger partial charge is 0.466 e. The van der Waals surface area contributed by atoms with Gasteiger partial charge in [-0.05, 0) is 31.2 Å². The van der Waals surface area contributed by atoms with Crippen molar-refractivity contribution in [2.24, 2.45) is 5.92 Å². The second-order valence-electron chi connectivity index (χ2n) is 6.63. The Morgan fingerprint density at radius 2 is 1.88 bits per heavy atom. The summed E-state index contributed by atoms with van der Waals surface area (Å²) in [6.07, 6.45) is 5.24. The first-order chi connectivity index (χ1) is 11.6. The molecule has 1 amide bonds. The van der Waals surface area contributed by atoms with E-state index in [1.165, 1.54) is 6.42 Å². The molecule has 4 heteroatoms. The van der Waals surface area contributed by atoms with Crippen molar-refractivity contribution in [3.8, 4) is 0 Å². The minimum atomic E-state index is -0.224. The molecule has 1 aliphatic carbocycles. The molecule has 0 bridgehead atoms. The van der Waals surface area contributed by atoms with Crippen molar-refractivity contribution in [3.05, 3.63) is 35.9 Å². The number of hydrogen-bond donors (Lipinski definition) is 0. The Kier molecular flexibility index (Phi) is 7.29. The third kappa shape index (κ3) is 5.36. The monoisotopic (exact) mass is 331 g/mol. The van der Waals surface area contributed by atoms with E-state index in [0.717, 1.165) is 24.8 Å². The van der Waals surface area contributed by atoms with E-state index < -0.39 is 0 Å². The Balaban J connectivity index is 2.05. The van der Waals surface area contributed by atoms with E-state index in [2.05, 4.69) is 6.92 Å². The molecule has 4 nitrogen and oxygen atoms in total. The van der Waals surface area contributed by atoms with E-state index in [1.807, 2.05) is 35.2 Å². The van der Waals surface area contributed by atoms with E-state index in [9.17, 15) is 9.59 Å². The Morgan fingerprint density at radius 1 is 1.17 bits per heavy atom. The van der Waals surface area contributed by atoms with Gasteiger partial charge in [0.25, 0.3) is 0 Å². The highest BCUT2D eigenvalue weighted by atomic mass is 16.5. The van der Waals surface area contributed by atoms with Gasteiger partial charge >= 0.3 is 5.97 Å². The maximum atomic E-state index is 12.9. The normalized spacial score (nSPS) is 20.4. The molecule has 0 N–H and O–H groups in total. The molecule has 0 aromatic heterocycles.